The van der Waals surface area contributed by atoms with Gasteiger partial charge in [-0.1, -0.05) is 32.0 Å². The number of aromatic nitrogens is 1. The number of benzene rings is 1. The Balaban J connectivity index is 1.90. The lowest BCUT2D eigenvalue weighted by molar-refractivity contribution is 0.162. The molecule has 1 aromatic carbocycles. The van der Waals surface area contributed by atoms with Gasteiger partial charge < -0.3 is 14.1 Å². The van der Waals surface area contributed by atoms with Crippen molar-refractivity contribution in [3.63, 3.8) is 0 Å². The molecule has 0 N–H and O–H groups in total. The van der Waals surface area contributed by atoms with Gasteiger partial charge in [-0.3, -0.25) is 0 Å². The molecule has 0 saturated heterocycles. The zero-order chi connectivity index (χ0) is 13.9. The average Bonchev–Trinajstić information content (AvgIpc) is 3.08. The van der Waals surface area contributed by atoms with E-state index in [1.807, 2.05) is 35.2 Å². The number of oxazole rings is 1. The summed E-state index contributed by atoms with van der Waals surface area (Å²) in [4.78, 5) is 5.95. The molecule has 1 radical (unpaired) electrons. The highest BCUT2D eigenvalue weighted by Crippen LogP contribution is 2.32. The molecule has 0 aliphatic carbocycles. The summed E-state index contributed by atoms with van der Waals surface area (Å²) in [5.41, 5.74) is 1.06. The first-order valence-electron chi connectivity index (χ1n) is 6.77. The van der Waals surface area contributed by atoms with Crippen LogP contribution in [0.1, 0.15) is 26.0 Å². The first kappa shape index (κ1) is 12.8. The van der Waals surface area contributed by atoms with Crippen molar-refractivity contribution in [1.82, 2.24) is 4.98 Å². The summed E-state index contributed by atoms with van der Waals surface area (Å²) in [6, 6.07) is 10.1. The number of ether oxygens (including phenoxy) is 1. The number of anilines is 1. The first-order valence-corrected chi connectivity index (χ1v) is 6.77. The molecule has 3 rings (SSSR count). The summed E-state index contributed by atoms with van der Waals surface area (Å²) < 4.78 is 11.3. The van der Waals surface area contributed by atoms with Crippen molar-refractivity contribution in [2.75, 3.05) is 4.90 Å². The topological polar surface area (TPSA) is 38.5 Å². The Morgan fingerprint density at radius 1 is 1.30 bits per heavy atom. The Labute approximate surface area is 118 Å². The van der Waals surface area contributed by atoms with Gasteiger partial charge in [0.25, 0.3) is 0 Å². The smallest absolute Gasteiger partial charge is 0.192 e. The van der Waals surface area contributed by atoms with Gasteiger partial charge in [-0.25, -0.2) is 4.98 Å². The molecule has 0 bridgehead atoms. The number of para-hydroxylation sites is 1. The lowest BCUT2D eigenvalue weighted by Crippen LogP contribution is -2.29. The predicted octanol–water partition coefficient (Wildman–Crippen LogP) is 3.69. The maximum absolute atomic E-state index is 5.98. The number of hydrogen-bond acceptors (Lipinski definition) is 4. The van der Waals surface area contributed by atoms with Crippen LogP contribution < -0.4 is 4.90 Å². The van der Waals surface area contributed by atoms with E-state index in [9.17, 15) is 0 Å². The minimum atomic E-state index is -0.0579. The third kappa shape index (κ3) is 2.54. The van der Waals surface area contributed by atoms with Crippen LogP contribution in [0.2, 0.25) is 0 Å². The van der Waals surface area contributed by atoms with E-state index in [-0.39, 0.29) is 6.23 Å². The summed E-state index contributed by atoms with van der Waals surface area (Å²) in [5.74, 6) is 1.75. The molecule has 0 amide bonds. The second-order valence-corrected chi connectivity index (χ2v) is 5.21. The van der Waals surface area contributed by atoms with Crippen molar-refractivity contribution < 1.29 is 9.15 Å². The van der Waals surface area contributed by atoms with Crippen LogP contribution in [0.15, 0.2) is 47.3 Å². The lowest BCUT2D eigenvalue weighted by atomic mass is 10.1. The predicted molar refractivity (Wildman–Crippen MR) is 76.4 cm³/mol. The van der Waals surface area contributed by atoms with Crippen molar-refractivity contribution in [3.8, 4) is 0 Å². The van der Waals surface area contributed by atoms with Crippen LogP contribution in [0.25, 0.3) is 5.76 Å². The van der Waals surface area contributed by atoms with E-state index in [0.717, 1.165) is 12.1 Å². The van der Waals surface area contributed by atoms with Crippen molar-refractivity contribution in [2.24, 2.45) is 5.92 Å². The highest BCUT2D eigenvalue weighted by molar-refractivity contribution is 5.61. The Kier molecular flexibility index (Phi) is 3.46. The van der Waals surface area contributed by atoms with Gasteiger partial charge in [-0.2, -0.15) is 0 Å². The van der Waals surface area contributed by atoms with E-state index < -0.39 is 0 Å². The highest BCUT2D eigenvalue weighted by Gasteiger charge is 2.30. The van der Waals surface area contributed by atoms with E-state index in [2.05, 4.69) is 25.0 Å². The second-order valence-electron chi connectivity index (χ2n) is 5.21. The third-order valence-corrected chi connectivity index (χ3v) is 3.13. The van der Waals surface area contributed by atoms with Crippen LogP contribution in [-0.2, 0) is 4.74 Å². The second kappa shape index (κ2) is 5.41. The number of nitrogens with zero attached hydrogens (tertiary/aromatic N) is 2. The summed E-state index contributed by atoms with van der Waals surface area (Å²) in [7, 11) is 0. The van der Waals surface area contributed by atoms with Crippen LogP contribution in [0.3, 0.4) is 0 Å². The van der Waals surface area contributed by atoms with E-state index >= 15 is 0 Å². The SMILES string of the molecule is CC(C)CC1OC(c2cnco2)=[C]N1c1ccccc1. The lowest BCUT2D eigenvalue weighted by Gasteiger charge is -2.25. The van der Waals surface area contributed by atoms with Gasteiger partial charge in [0.2, 0.25) is 0 Å². The molecular weight excluding hydrogens is 252 g/mol. The molecule has 0 saturated carbocycles. The Morgan fingerprint density at radius 2 is 2.10 bits per heavy atom. The summed E-state index contributed by atoms with van der Waals surface area (Å²) in [5, 5.41) is 0. The molecule has 4 heteroatoms. The Bertz CT molecular complexity index is 576. The van der Waals surface area contributed by atoms with Crippen molar-refractivity contribution >= 4 is 11.4 Å². The molecule has 103 valence electrons. The average molecular weight is 269 g/mol. The molecule has 20 heavy (non-hydrogen) atoms. The monoisotopic (exact) mass is 269 g/mol. The Morgan fingerprint density at radius 3 is 2.75 bits per heavy atom. The van der Waals surface area contributed by atoms with E-state index in [0.29, 0.717) is 17.4 Å². The molecule has 4 nitrogen and oxygen atoms in total. The van der Waals surface area contributed by atoms with E-state index in [1.165, 1.54) is 6.39 Å². The molecule has 1 aliphatic heterocycles. The molecule has 1 aliphatic rings. The summed E-state index contributed by atoms with van der Waals surface area (Å²) in [6.45, 7) is 4.36. The Hall–Kier alpha value is -2.23. The van der Waals surface area contributed by atoms with Crippen molar-refractivity contribution in [3.05, 3.63) is 54.9 Å². The van der Waals surface area contributed by atoms with Crippen molar-refractivity contribution in [1.29, 1.82) is 0 Å². The highest BCUT2D eigenvalue weighted by atomic mass is 16.5. The van der Waals surface area contributed by atoms with Crippen molar-refractivity contribution in [2.45, 2.75) is 26.5 Å². The third-order valence-electron chi connectivity index (χ3n) is 3.13. The first-order chi connectivity index (χ1) is 9.74. The summed E-state index contributed by atoms with van der Waals surface area (Å²) in [6.07, 6.45) is 7.16. The van der Waals surface area contributed by atoms with Crippen LogP contribution in [0.4, 0.5) is 5.69 Å². The van der Waals surface area contributed by atoms with Gasteiger partial charge in [-0.15, -0.1) is 0 Å². The molecule has 2 aromatic rings. The fourth-order valence-electron chi connectivity index (χ4n) is 2.21. The molecule has 1 aromatic heterocycles. The maximum atomic E-state index is 5.98. The zero-order valence-electron chi connectivity index (χ0n) is 11.6. The van der Waals surface area contributed by atoms with Crippen LogP contribution in [0.5, 0.6) is 0 Å². The summed E-state index contributed by atoms with van der Waals surface area (Å²) >= 11 is 0. The van der Waals surface area contributed by atoms with Gasteiger partial charge in [0.1, 0.15) is 6.20 Å². The molecule has 2 heterocycles. The molecular formula is C16H17N2O2. The van der Waals surface area contributed by atoms with Crippen LogP contribution in [-0.4, -0.2) is 11.2 Å². The largest absolute Gasteiger partial charge is 0.464 e. The molecule has 0 spiro atoms. The zero-order valence-corrected chi connectivity index (χ0v) is 11.6. The fourth-order valence-corrected chi connectivity index (χ4v) is 2.21. The fraction of sp³-hybridized carbons (Fsp3) is 0.312. The normalized spacial score (nSPS) is 18.2. The number of hydrogen-bond donors (Lipinski definition) is 0. The molecule has 1 unspecified atom stereocenters. The van der Waals surface area contributed by atoms with Crippen LogP contribution in [0, 0.1) is 12.1 Å². The van der Waals surface area contributed by atoms with Gasteiger partial charge >= 0.3 is 0 Å². The van der Waals surface area contributed by atoms with Gasteiger partial charge in [0.15, 0.2) is 24.1 Å². The van der Waals surface area contributed by atoms with Crippen LogP contribution >= 0.6 is 0 Å². The molecule has 1 atom stereocenters. The van der Waals surface area contributed by atoms with E-state index in [1.54, 1.807) is 6.20 Å². The molecule has 0 fully saturated rings. The van der Waals surface area contributed by atoms with E-state index in [4.69, 9.17) is 9.15 Å². The minimum Gasteiger partial charge on any atom is -0.464 e. The van der Waals surface area contributed by atoms with Gasteiger partial charge in [0, 0.05) is 12.1 Å². The minimum absolute atomic E-state index is 0.0579. The quantitative estimate of drug-likeness (QED) is 0.848. The van der Waals surface area contributed by atoms with Gasteiger partial charge in [0.05, 0.1) is 6.20 Å². The maximum Gasteiger partial charge on any atom is 0.192 e. The standard InChI is InChI=1S/C16H17N2O2/c1-12(2)8-16-18(13-6-4-3-5-7-13)10-15(20-16)14-9-17-11-19-14/h3-7,9,11-12,16H,8H2,1-2H3. The van der Waals surface area contributed by atoms with Gasteiger partial charge in [-0.05, 0) is 18.1 Å². The number of rotatable bonds is 4.